The monoisotopic (exact) mass is 324 g/mol. The van der Waals surface area contributed by atoms with Crippen LogP contribution < -0.4 is 10.6 Å². The maximum absolute atomic E-state index is 11.8. The van der Waals surface area contributed by atoms with E-state index in [-0.39, 0.29) is 30.5 Å². The lowest BCUT2D eigenvalue weighted by Crippen LogP contribution is -2.43. The molecule has 0 radical (unpaired) electrons. The van der Waals surface area contributed by atoms with Gasteiger partial charge in [-0.15, -0.1) is 12.4 Å². The van der Waals surface area contributed by atoms with Crippen LogP contribution in [-0.2, 0) is 4.74 Å². The molecule has 1 unspecified atom stereocenters. The average molecular weight is 326 g/mol. The first-order chi connectivity index (χ1) is 7.70. The van der Waals surface area contributed by atoms with Crippen LogP contribution in [0, 0.1) is 0 Å². The van der Waals surface area contributed by atoms with Crippen LogP contribution in [0.25, 0.3) is 0 Å². The fraction of sp³-hybridized carbons (Fsp3) is 0.500. The first kappa shape index (κ1) is 14.5. The van der Waals surface area contributed by atoms with Crippen LogP contribution in [0.15, 0.2) is 21.4 Å². The summed E-state index contributed by atoms with van der Waals surface area (Å²) in [6.07, 6.45) is 1.45. The molecule has 1 fully saturated rings. The number of hydrogen-bond acceptors (Lipinski definition) is 4. The summed E-state index contributed by atoms with van der Waals surface area (Å²) < 4.78 is 10.8. The normalized spacial score (nSPS) is 23.2. The third-order valence-corrected chi connectivity index (χ3v) is 3.02. The van der Waals surface area contributed by atoms with E-state index in [2.05, 4.69) is 26.6 Å². The van der Waals surface area contributed by atoms with Gasteiger partial charge in [0.15, 0.2) is 4.67 Å². The fourth-order valence-corrected chi connectivity index (χ4v) is 2.07. The van der Waals surface area contributed by atoms with Gasteiger partial charge in [-0.25, -0.2) is 0 Å². The van der Waals surface area contributed by atoms with Crippen molar-refractivity contribution in [1.29, 1.82) is 0 Å². The van der Waals surface area contributed by atoms with E-state index in [1.54, 1.807) is 13.2 Å². The van der Waals surface area contributed by atoms with Gasteiger partial charge < -0.3 is 19.8 Å². The molecule has 2 N–H and O–H groups in total. The second-order valence-electron chi connectivity index (χ2n) is 3.65. The molecular formula is C10H14BrClN2O3. The Balaban J connectivity index is 0.00000144. The number of carbonyl (C=O) groups is 1. The Bertz CT molecular complexity index is 385. The van der Waals surface area contributed by atoms with Crippen molar-refractivity contribution < 1.29 is 13.9 Å². The van der Waals surface area contributed by atoms with Gasteiger partial charge in [0.1, 0.15) is 6.26 Å². The van der Waals surface area contributed by atoms with Gasteiger partial charge in [-0.2, -0.15) is 0 Å². The van der Waals surface area contributed by atoms with E-state index in [1.807, 2.05) is 0 Å². The van der Waals surface area contributed by atoms with E-state index in [9.17, 15) is 4.79 Å². The highest BCUT2D eigenvalue weighted by Crippen LogP contribution is 2.14. The lowest BCUT2D eigenvalue weighted by Gasteiger charge is -2.17. The SMILES string of the molecule is CO[C@H]1CNCC1NC(=O)c1coc(Br)c1.Cl. The number of nitrogens with one attached hydrogen (secondary N) is 2. The molecule has 1 aromatic rings. The van der Waals surface area contributed by atoms with Crippen LogP contribution in [0.5, 0.6) is 0 Å². The molecule has 7 heteroatoms. The summed E-state index contributed by atoms with van der Waals surface area (Å²) in [6.45, 7) is 1.49. The van der Waals surface area contributed by atoms with Crippen molar-refractivity contribution in [2.75, 3.05) is 20.2 Å². The predicted molar refractivity (Wildman–Crippen MR) is 68.6 cm³/mol. The number of furan rings is 1. The third-order valence-electron chi connectivity index (χ3n) is 2.61. The largest absolute Gasteiger partial charge is 0.457 e. The number of amides is 1. The standard InChI is InChI=1S/C10H13BrN2O3.ClH/c1-15-8-4-12-3-7(8)13-10(14)6-2-9(11)16-5-6;/h2,5,7-8,12H,3-4H2,1H3,(H,13,14);1H/t7?,8-;/m0./s1. The van der Waals surface area contributed by atoms with Crippen molar-refractivity contribution in [3.8, 4) is 0 Å². The molecule has 0 spiro atoms. The second-order valence-corrected chi connectivity index (χ2v) is 4.43. The molecule has 1 aliphatic heterocycles. The number of halogens is 2. The quantitative estimate of drug-likeness (QED) is 0.876. The number of hydrogen-bond donors (Lipinski definition) is 2. The van der Waals surface area contributed by atoms with Crippen LogP contribution in [0.1, 0.15) is 10.4 Å². The first-order valence-electron chi connectivity index (χ1n) is 4.99. The van der Waals surface area contributed by atoms with Crippen LogP contribution in [0.4, 0.5) is 0 Å². The molecule has 1 saturated heterocycles. The Morgan fingerprint density at radius 3 is 3.00 bits per heavy atom. The molecule has 2 atom stereocenters. The number of carbonyl (C=O) groups excluding carboxylic acids is 1. The number of methoxy groups -OCH3 is 1. The Hall–Kier alpha value is -0.560. The van der Waals surface area contributed by atoms with Gasteiger partial charge in [0.05, 0.1) is 17.7 Å². The molecule has 17 heavy (non-hydrogen) atoms. The van der Waals surface area contributed by atoms with Gasteiger partial charge in [-0.1, -0.05) is 0 Å². The zero-order valence-corrected chi connectivity index (χ0v) is 11.6. The molecule has 5 nitrogen and oxygen atoms in total. The van der Waals surface area contributed by atoms with Crippen molar-refractivity contribution >= 4 is 34.2 Å². The molecular weight excluding hydrogens is 311 g/mol. The molecule has 0 aliphatic carbocycles. The maximum Gasteiger partial charge on any atom is 0.254 e. The number of ether oxygens (including phenoxy) is 1. The summed E-state index contributed by atoms with van der Waals surface area (Å²) in [7, 11) is 1.64. The average Bonchev–Trinajstić information content (AvgIpc) is 2.86. The summed E-state index contributed by atoms with van der Waals surface area (Å²) in [6, 6.07) is 1.64. The molecule has 1 aliphatic rings. The van der Waals surface area contributed by atoms with Gasteiger partial charge in [0.2, 0.25) is 0 Å². The van der Waals surface area contributed by atoms with Crippen LogP contribution in [0.3, 0.4) is 0 Å². The zero-order valence-electron chi connectivity index (χ0n) is 9.23. The summed E-state index contributed by atoms with van der Waals surface area (Å²) in [4.78, 5) is 11.8. The van der Waals surface area contributed by atoms with Gasteiger partial charge in [-0.05, 0) is 15.9 Å². The molecule has 0 saturated carbocycles. The van der Waals surface area contributed by atoms with E-state index in [4.69, 9.17) is 9.15 Å². The van der Waals surface area contributed by atoms with Crippen LogP contribution in [-0.4, -0.2) is 38.3 Å². The maximum atomic E-state index is 11.8. The van der Waals surface area contributed by atoms with Crippen molar-refractivity contribution in [2.45, 2.75) is 12.1 Å². The molecule has 2 rings (SSSR count). The van der Waals surface area contributed by atoms with Crippen molar-refractivity contribution in [3.63, 3.8) is 0 Å². The molecule has 1 amide bonds. The predicted octanol–water partition coefficient (Wildman–Crippen LogP) is 1.18. The summed E-state index contributed by atoms with van der Waals surface area (Å²) in [5.74, 6) is -0.148. The third kappa shape index (κ3) is 3.45. The molecule has 1 aromatic heterocycles. The Kier molecular flexibility index (Phi) is 5.45. The molecule has 96 valence electrons. The molecule has 0 bridgehead atoms. The van der Waals surface area contributed by atoms with Gasteiger partial charge in [0.25, 0.3) is 5.91 Å². The topological polar surface area (TPSA) is 63.5 Å². The first-order valence-corrected chi connectivity index (χ1v) is 5.78. The smallest absolute Gasteiger partial charge is 0.254 e. The van der Waals surface area contributed by atoms with Gasteiger partial charge in [-0.3, -0.25) is 4.79 Å². The van der Waals surface area contributed by atoms with E-state index < -0.39 is 0 Å². The Morgan fingerprint density at radius 1 is 1.65 bits per heavy atom. The van der Waals surface area contributed by atoms with Crippen molar-refractivity contribution in [3.05, 3.63) is 22.6 Å². The van der Waals surface area contributed by atoms with E-state index in [1.165, 1.54) is 6.26 Å². The lowest BCUT2D eigenvalue weighted by molar-refractivity contribution is 0.0779. The molecule has 2 heterocycles. The molecule has 0 aromatic carbocycles. The lowest BCUT2D eigenvalue weighted by atomic mass is 10.2. The Morgan fingerprint density at radius 2 is 2.41 bits per heavy atom. The van der Waals surface area contributed by atoms with Gasteiger partial charge >= 0.3 is 0 Å². The van der Waals surface area contributed by atoms with Crippen LogP contribution >= 0.6 is 28.3 Å². The van der Waals surface area contributed by atoms with E-state index >= 15 is 0 Å². The number of rotatable bonds is 3. The van der Waals surface area contributed by atoms with Gasteiger partial charge in [0, 0.05) is 26.3 Å². The second kappa shape index (κ2) is 6.39. The summed E-state index contributed by atoms with van der Waals surface area (Å²) in [5, 5.41) is 6.07. The highest BCUT2D eigenvalue weighted by molar-refractivity contribution is 9.10. The summed E-state index contributed by atoms with van der Waals surface area (Å²) >= 11 is 3.15. The summed E-state index contributed by atoms with van der Waals surface area (Å²) in [5.41, 5.74) is 0.508. The Labute approximate surface area is 114 Å². The minimum absolute atomic E-state index is 0. The minimum Gasteiger partial charge on any atom is -0.457 e. The van der Waals surface area contributed by atoms with Crippen molar-refractivity contribution in [2.24, 2.45) is 0 Å². The van der Waals surface area contributed by atoms with Crippen molar-refractivity contribution in [1.82, 2.24) is 10.6 Å². The van der Waals surface area contributed by atoms with Crippen LogP contribution in [0.2, 0.25) is 0 Å². The minimum atomic E-state index is -0.148. The van der Waals surface area contributed by atoms with E-state index in [0.717, 1.165) is 13.1 Å². The van der Waals surface area contributed by atoms with E-state index in [0.29, 0.717) is 10.2 Å². The fourth-order valence-electron chi connectivity index (χ4n) is 1.73. The highest BCUT2D eigenvalue weighted by Gasteiger charge is 2.28. The zero-order chi connectivity index (χ0) is 11.5. The highest BCUT2D eigenvalue weighted by atomic mass is 79.9.